The van der Waals surface area contributed by atoms with Crippen LogP contribution in [0.2, 0.25) is 0 Å². The number of nitrogens with zero attached hydrogens (tertiary/aromatic N) is 7. The molecule has 1 unspecified atom stereocenters. The van der Waals surface area contributed by atoms with E-state index in [-0.39, 0.29) is 5.82 Å². The lowest BCUT2D eigenvalue weighted by Gasteiger charge is -2.27. The van der Waals surface area contributed by atoms with Crippen molar-refractivity contribution in [2.75, 3.05) is 18.0 Å². The van der Waals surface area contributed by atoms with Gasteiger partial charge in [0.25, 0.3) is 0 Å². The summed E-state index contributed by atoms with van der Waals surface area (Å²) < 4.78 is 33.0. The summed E-state index contributed by atoms with van der Waals surface area (Å²) in [5, 5.41) is 4.27. The average Bonchev–Trinajstić information content (AvgIpc) is 3.28. The molecule has 0 aliphatic carbocycles. The van der Waals surface area contributed by atoms with Gasteiger partial charge in [-0.1, -0.05) is 10.5 Å². The molecule has 3 aromatic heterocycles. The Labute approximate surface area is 225 Å². The zero-order valence-corrected chi connectivity index (χ0v) is 23.0. The number of hydrogen-bond acceptors (Lipinski definition) is 7. The first-order valence-electron chi connectivity index (χ1n) is 11.7. The lowest BCUT2D eigenvalue weighted by atomic mass is 10.0. The molecule has 190 valence electrons. The Morgan fingerprint density at radius 1 is 1.11 bits per heavy atom. The second-order valence-corrected chi connectivity index (χ2v) is 12.4. The summed E-state index contributed by atoms with van der Waals surface area (Å²) in [6, 6.07) is 7.96. The summed E-state index contributed by atoms with van der Waals surface area (Å²) in [6.07, 6.45) is 9.70. The largest absolute Gasteiger partial charge is 0.591 e. The third-order valence-electron chi connectivity index (χ3n) is 5.89. The first-order valence-corrected chi connectivity index (χ1v) is 13.6. The van der Waals surface area contributed by atoms with E-state index in [0.717, 1.165) is 34.3 Å². The van der Waals surface area contributed by atoms with Gasteiger partial charge in [-0.25, -0.2) is 23.9 Å². The van der Waals surface area contributed by atoms with E-state index in [1.165, 1.54) is 12.1 Å². The van der Waals surface area contributed by atoms with Gasteiger partial charge in [-0.3, -0.25) is 0 Å². The molecule has 37 heavy (non-hydrogen) atoms. The molecule has 1 aliphatic rings. The maximum atomic E-state index is 13.5. The minimum absolute atomic E-state index is 0.350. The van der Waals surface area contributed by atoms with Gasteiger partial charge in [0.1, 0.15) is 39.5 Å². The monoisotopic (exact) mass is 581 g/mol. The predicted octanol–water partition coefficient (Wildman–Crippen LogP) is 5.01. The van der Waals surface area contributed by atoms with Crippen molar-refractivity contribution < 1.29 is 8.94 Å². The Kier molecular flexibility index (Phi) is 7.11. The number of benzene rings is 1. The second-order valence-electron chi connectivity index (χ2n) is 9.60. The Bertz CT molecular complexity index is 1480. The van der Waals surface area contributed by atoms with Gasteiger partial charge in [0.05, 0.1) is 0 Å². The summed E-state index contributed by atoms with van der Waals surface area (Å²) in [5.41, 5.74) is 3.72. The van der Waals surface area contributed by atoms with E-state index in [1.54, 1.807) is 35.4 Å². The van der Waals surface area contributed by atoms with Crippen LogP contribution in [0.25, 0.3) is 11.1 Å². The van der Waals surface area contributed by atoms with E-state index < -0.39 is 16.1 Å². The quantitative estimate of drug-likeness (QED) is 0.243. The van der Waals surface area contributed by atoms with Crippen LogP contribution in [0, 0.1) is 5.82 Å². The van der Waals surface area contributed by atoms with Crippen molar-refractivity contribution in [2.45, 2.75) is 31.9 Å². The topological polar surface area (TPSA) is 94.6 Å². The highest BCUT2D eigenvalue weighted by molar-refractivity contribution is 9.10. The highest BCUT2D eigenvalue weighted by Crippen LogP contribution is 2.27. The van der Waals surface area contributed by atoms with Crippen molar-refractivity contribution in [1.82, 2.24) is 24.6 Å². The highest BCUT2D eigenvalue weighted by Gasteiger charge is 2.28. The van der Waals surface area contributed by atoms with Crippen LogP contribution in [-0.4, -0.2) is 52.7 Å². The molecule has 8 nitrogen and oxygen atoms in total. The molecule has 0 N–H and O–H groups in total. The van der Waals surface area contributed by atoms with Crippen LogP contribution in [0.5, 0.6) is 0 Å². The lowest BCUT2D eigenvalue weighted by Crippen LogP contribution is -2.30. The van der Waals surface area contributed by atoms with Crippen LogP contribution in [0.1, 0.15) is 44.1 Å². The average molecular weight is 583 g/mol. The third-order valence-corrected chi connectivity index (χ3v) is 7.72. The van der Waals surface area contributed by atoms with Crippen molar-refractivity contribution in [2.24, 2.45) is 4.40 Å². The number of hydrogen-bond donors (Lipinski definition) is 0. The van der Waals surface area contributed by atoms with Crippen molar-refractivity contribution in [1.29, 1.82) is 0 Å². The zero-order valence-electron chi connectivity index (χ0n) is 20.6. The van der Waals surface area contributed by atoms with E-state index >= 15 is 0 Å². The Morgan fingerprint density at radius 3 is 2.49 bits per heavy atom. The summed E-state index contributed by atoms with van der Waals surface area (Å²) in [4.78, 5) is 15.9. The summed E-state index contributed by atoms with van der Waals surface area (Å²) in [5.74, 6) is 1.16. The summed E-state index contributed by atoms with van der Waals surface area (Å²) in [6.45, 7) is 7.00. The predicted molar refractivity (Wildman–Crippen MR) is 147 cm³/mol. The Hall–Kier alpha value is -3.15. The van der Waals surface area contributed by atoms with Crippen molar-refractivity contribution in [3.05, 3.63) is 88.6 Å². The maximum absolute atomic E-state index is 13.5. The smallest absolute Gasteiger partial charge is 0.156 e. The molecule has 4 heterocycles. The number of rotatable bonds is 5. The van der Waals surface area contributed by atoms with Crippen LogP contribution in [-0.2, 0) is 11.4 Å². The number of aromatic nitrogens is 5. The molecule has 0 fully saturated rings. The van der Waals surface area contributed by atoms with Crippen molar-refractivity contribution in [3.63, 3.8) is 0 Å². The van der Waals surface area contributed by atoms with Crippen LogP contribution in [0.3, 0.4) is 0 Å². The van der Waals surface area contributed by atoms with Gasteiger partial charge in [-0.2, -0.15) is 5.10 Å². The van der Waals surface area contributed by atoms with E-state index in [0.29, 0.717) is 29.2 Å². The fourth-order valence-corrected chi connectivity index (χ4v) is 4.97. The van der Waals surface area contributed by atoms with Crippen molar-refractivity contribution in [3.8, 4) is 0 Å². The molecule has 1 aromatic carbocycles. The molecule has 0 saturated carbocycles. The first-order chi connectivity index (χ1) is 17.7. The molecule has 11 heteroatoms. The molecule has 5 rings (SSSR count). The van der Waals surface area contributed by atoms with Gasteiger partial charge in [0, 0.05) is 47.3 Å². The molecule has 0 bridgehead atoms. The maximum Gasteiger partial charge on any atom is 0.156 e. The molecule has 0 spiro atoms. The summed E-state index contributed by atoms with van der Waals surface area (Å²) in [7, 11) is 0. The molecule has 0 radical (unpaired) electrons. The minimum atomic E-state index is -1.51. The van der Waals surface area contributed by atoms with E-state index in [4.69, 9.17) is 0 Å². The van der Waals surface area contributed by atoms with Gasteiger partial charge in [0.2, 0.25) is 0 Å². The standard InChI is InChI=1S/C26H25BrFN7OS/c1-26(2,3)37(36)33-23(17-4-6-21(28)7-5-17)19-13-29-24(30-14-19)18-8-10-34(11-9-18)25-22-12-20(27)15-35(22)32-16-31-25/h4-8,12-16H,9-11H2,1-3H3. The van der Waals surface area contributed by atoms with Crippen LogP contribution < -0.4 is 4.90 Å². The third kappa shape index (κ3) is 5.58. The molecular weight excluding hydrogens is 557 g/mol. The Balaban J connectivity index is 1.39. The van der Waals surface area contributed by atoms with E-state index in [2.05, 4.69) is 51.4 Å². The normalized spacial score (nSPS) is 15.7. The SMILES string of the molecule is CC(C)(C)[S+]([O-])N=C(c1ccc(F)cc1)c1cnc(C2=CCN(c3ncnn4cc(Br)cc34)CC2)nc1. The Morgan fingerprint density at radius 2 is 1.84 bits per heavy atom. The van der Waals surface area contributed by atoms with Crippen LogP contribution in [0.15, 0.2) is 70.2 Å². The van der Waals surface area contributed by atoms with Gasteiger partial charge in [-0.05, 0) is 79.0 Å². The number of fused-ring (bicyclic) bond motifs is 1. The molecule has 1 atom stereocenters. The van der Waals surface area contributed by atoms with E-state index in [9.17, 15) is 8.94 Å². The highest BCUT2D eigenvalue weighted by atomic mass is 79.9. The van der Waals surface area contributed by atoms with Gasteiger partial charge < -0.3 is 9.45 Å². The van der Waals surface area contributed by atoms with Gasteiger partial charge in [-0.15, -0.1) is 0 Å². The molecule has 0 saturated heterocycles. The van der Waals surface area contributed by atoms with Crippen molar-refractivity contribution >= 4 is 49.9 Å². The number of anilines is 1. The first kappa shape index (κ1) is 25.5. The molecule has 1 aliphatic heterocycles. The molecular formula is C26H25BrFN7OS. The second kappa shape index (κ2) is 10.3. The molecule has 0 amide bonds. The summed E-state index contributed by atoms with van der Waals surface area (Å²) >= 11 is 1.99. The molecule has 4 aromatic rings. The zero-order chi connectivity index (χ0) is 26.2. The van der Waals surface area contributed by atoms with Gasteiger partial charge in [0.15, 0.2) is 11.6 Å². The van der Waals surface area contributed by atoms with Gasteiger partial charge >= 0.3 is 0 Å². The van der Waals surface area contributed by atoms with Crippen LogP contribution in [0.4, 0.5) is 10.2 Å². The van der Waals surface area contributed by atoms with E-state index in [1.807, 2.05) is 33.0 Å². The van der Waals surface area contributed by atoms with Crippen LogP contribution >= 0.6 is 15.9 Å². The minimum Gasteiger partial charge on any atom is -0.591 e. The number of halogens is 2. The fourth-order valence-electron chi connectivity index (χ4n) is 3.91. The fraction of sp³-hybridized carbons (Fsp3) is 0.269. The lowest BCUT2D eigenvalue weighted by molar-refractivity contribution is 0.561.